The van der Waals surface area contributed by atoms with E-state index >= 15 is 0 Å². The van der Waals surface area contributed by atoms with Crippen LogP contribution in [0.25, 0.3) is 11.3 Å². The fourth-order valence-electron chi connectivity index (χ4n) is 3.19. The molecule has 1 aromatic heterocycles. The van der Waals surface area contributed by atoms with E-state index < -0.39 is 0 Å². The summed E-state index contributed by atoms with van der Waals surface area (Å²) in [7, 11) is 0. The van der Waals surface area contributed by atoms with Gasteiger partial charge in [0.1, 0.15) is 0 Å². The summed E-state index contributed by atoms with van der Waals surface area (Å²) in [5, 5.41) is 10.8. The summed E-state index contributed by atoms with van der Waals surface area (Å²) < 4.78 is 0. The molecule has 0 radical (unpaired) electrons. The van der Waals surface area contributed by atoms with Gasteiger partial charge in [0.15, 0.2) is 0 Å². The third-order valence-electron chi connectivity index (χ3n) is 4.44. The van der Waals surface area contributed by atoms with E-state index in [-0.39, 0.29) is 11.9 Å². The van der Waals surface area contributed by atoms with Crippen LogP contribution < -0.4 is 5.32 Å². The van der Waals surface area contributed by atoms with Crippen molar-refractivity contribution in [1.82, 2.24) is 15.5 Å². The summed E-state index contributed by atoms with van der Waals surface area (Å²) in [5.74, 6) is -0.0562. The van der Waals surface area contributed by atoms with Crippen molar-refractivity contribution in [2.24, 2.45) is 0 Å². The first-order chi connectivity index (χ1) is 11.2. The monoisotopic (exact) mass is 331 g/mol. The predicted octanol–water partition coefficient (Wildman–Crippen LogP) is 4.57. The topological polar surface area (TPSA) is 57.8 Å². The Bertz CT molecular complexity index is 660. The van der Waals surface area contributed by atoms with Crippen molar-refractivity contribution in [3.05, 3.63) is 41.0 Å². The molecule has 1 fully saturated rings. The molecule has 1 saturated carbocycles. The molecule has 1 heterocycles. The molecule has 1 amide bonds. The Morgan fingerprint density at radius 3 is 2.65 bits per heavy atom. The minimum absolute atomic E-state index is 0.0562. The van der Waals surface area contributed by atoms with E-state index in [4.69, 9.17) is 11.6 Å². The summed E-state index contributed by atoms with van der Waals surface area (Å²) in [5.41, 5.74) is 2.17. The van der Waals surface area contributed by atoms with E-state index in [1.165, 1.54) is 32.1 Å². The second-order valence-electron chi connectivity index (χ2n) is 6.18. The Morgan fingerprint density at radius 2 is 1.91 bits per heavy atom. The van der Waals surface area contributed by atoms with Gasteiger partial charge in [-0.05, 0) is 25.0 Å². The maximum Gasteiger partial charge on any atom is 0.255 e. The molecule has 0 unspecified atom stereocenters. The van der Waals surface area contributed by atoms with Crippen LogP contribution in [0.15, 0.2) is 30.5 Å². The lowest BCUT2D eigenvalue weighted by molar-refractivity contribution is 0.0931. The number of halogens is 1. The van der Waals surface area contributed by atoms with E-state index in [2.05, 4.69) is 15.5 Å². The predicted molar refractivity (Wildman–Crippen MR) is 92.6 cm³/mol. The lowest BCUT2D eigenvalue weighted by atomic mass is 9.96. The quantitative estimate of drug-likeness (QED) is 0.865. The molecule has 0 atom stereocenters. The molecule has 5 heteroatoms. The van der Waals surface area contributed by atoms with E-state index in [9.17, 15) is 4.79 Å². The van der Waals surface area contributed by atoms with Crippen molar-refractivity contribution in [2.45, 2.75) is 51.0 Å². The van der Waals surface area contributed by atoms with Crippen molar-refractivity contribution in [1.29, 1.82) is 0 Å². The number of amides is 1. The first-order valence-electron chi connectivity index (χ1n) is 8.34. The van der Waals surface area contributed by atoms with Gasteiger partial charge in [0.2, 0.25) is 0 Å². The van der Waals surface area contributed by atoms with Gasteiger partial charge in [0.05, 0.1) is 17.5 Å². The van der Waals surface area contributed by atoms with E-state index in [0.717, 1.165) is 24.1 Å². The molecule has 2 aromatic rings. The third-order valence-corrected chi connectivity index (χ3v) is 4.67. The molecule has 0 spiro atoms. The zero-order valence-corrected chi connectivity index (χ0v) is 13.9. The van der Waals surface area contributed by atoms with Gasteiger partial charge >= 0.3 is 0 Å². The molecule has 1 aliphatic carbocycles. The molecule has 0 bridgehead atoms. The summed E-state index contributed by atoms with van der Waals surface area (Å²) in [4.78, 5) is 12.6. The lowest BCUT2D eigenvalue weighted by Crippen LogP contribution is -2.35. The standard InChI is InChI=1S/C18H22ClN3O/c19-14-8-6-7-13(11-14)17-16(12-20-22-17)18(23)21-15-9-4-2-1-3-5-10-15/h6-8,11-12,15H,1-5,9-10H2,(H,20,22)(H,21,23). The maximum absolute atomic E-state index is 12.6. The molecular weight excluding hydrogens is 310 g/mol. The molecule has 1 aromatic carbocycles. The van der Waals surface area contributed by atoms with Gasteiger partial charge in [-0.2, -0.15) is 5.10 Å². The molecular formula is C18H22ClN3O. The highest BCUT2D eigenvalue weighted by atomic mass is 35.5. The van der Waals surface area contributed by atoms with Crippen LogP contribution in [0.4, 0.5) is 0 Å². The first kappa shape index (κ1) is 16.1. The van der Waals surface area contributed by atoms with Crippen molar-refractivity contribution in [2.75, 3.05) is 0 Å². The minimum atomic E-state index is -0.0562. The van der Waals surface area contributed by atoms with Crippen LogP contribution >= 0.6 is 11.6 Å². The SMILES string of the molecule is O=C(NC1CCCCCCC1)c1cn[nH]c1-c1cccc(Cl)c1. The number of aromatic amines is 1. The fraction of sp³-hybridized carbons (Fsp3) is 0.444. The fourth-order valence-corrected chi connectivity index (χ4v) is 3.38. The summed E-state index contributed by atoms with van der Waals surface area (Å²) in [6.07, 6.45) is 9.97. The largest absolute Gasteiger partial charge is 0.349 e. The van der Waals surface area contributed by atoms with Crippen LogP contribution in [-0.2, 0) is 0 Å². The van der Waals surface area contributed by atoms with Gasteiger partial charge in [-0.1, -0.05) is 55.8 Å². The second kappa shape index (κ2) is 7.64. The van der Waals surface area contributed by atoms with Gasteiger partial charge in [-0.15, -0.1) is 0 Å². The normalized spacial score (nSPS) is 16.6. The second-order valence-corrected chi connectivity index (χ2v) is 6.62. The smallest absolute Gasteiger partial charge is 0.255 e. The molecule has 23 heavy (non-hydrogen) atoms. The van der Waals surface area contributed by atoms with Crippen LogP contribution in [0.2, 0.25) is 5.02 Å². The van der Waals surface area contributed by atoms with Crippen molar-refractivity contribution < 1.29 is 4.79 Å². The van der Waals surface area contributed by atoms with Crippen LogP contribution in [-0.4, -0.2) is 22.1 Å². The number of benzene rings is 1. The summed E-state index contributed by atoms with van der Waals surface area (Å²) >= 11 is 6.05. The van der Waals surface area contributed by atoms with E-state index in [1.54, 1.807) is 6.20 Å². The highest BCUT2D eigenvalue weighted by molar-refractivity contribution is 6.30. The van der Waals surface area contributed by atoms with Gasteiger partial charge in [0, 0.05) is 16.6 Å². The molecule has 2 N–H and O–H groups in total. The third kappa shape index (κ3) is 4.14. The zero-order chi connectivity index (χ0) is 16.1. The van der Waals surface area contributed by atoms with Crippen LogP contribution in [0.1, 0.15) is 55.3 Å². The van der Waals surface area contributed by atoms with Crippen LogP contribution in [0.3, 0.4) is 0 Å². The van der Waals surface area contributed by atoms with Crippen molar-refractivity contribution >= 4 is 17.5 Å². The highest BCUT2D eigenvalue weighted by Crippen LogP contribution is 2.24. The summed E-state index contributed by atoms with van der Waals surface area (Å²) in [6.45, 7) is 0. The Morgan fingerprint density at radius 1 is 1.17 bits per heavy atom. The highest BCUT2D eigenvalue weighted by Gasteiger charge is 2.19. The molecule has 3 rings (SSSR count). The number of rotatable bonds is 3. The average Bonchev–Trinajstić information content (AvgIpc) is 2.99. The van der Waals surface area contributed by atoms with E-state index in [0.29, 0.717) is 10.6 Å². The molecule has 4 nitrogen and oxygen atoms in total. The van der Waals surface area contributed by atoms with Gasteiger partial charge in [0.25, 0.3) is 5.91 Å². The number of hydrogen-bond donors (Lipinski definition) is 2. The Kier molecular flexibility index (Phi) is 5.34. The van der Waals surface area contributed by atoms with Gasteiger partial charge < -0.3 is 5.32 Å². The number of carbonyl (C=O) groups is 1. The average molecular weight is 332 g/mol. The number of nitrogens with zero attached hydrogens (tertiary/aromatic N) is 1. The first-order valence-corrected chi connectivity index (χ1v) is 8.72. The number of carbonyl (C=O) groups excluding carboxylic acids is 1. The minimum Gasteiger partial charge on any atom is -0.349 e. The van der Waals surface area contributed by atoms with Crippen molar-refractivity contribution in [3.8, 4) is 11.3 Å². The Labute approximate surface area is 141 Å². The van der Waals surface area contributed by atoms with Gasteiger partial charge in [-0.25, -0.2) is 0 Å². The van der Waals surface area contributed by atoms with Crippen LogP contribution in [0, 0.1) is 0 Å². The molecule has 1 aliphatic rings. The molecule has 0 aliphatic heterocycles. The summed E-state index contributed by atoms with van der Waals surface area (Å²) in [6, 6.07) is 7.71. The number of H-pyrrole nitrogens is 1. The maximum atomic E-state index is 12.6. The number of nitrogens with one attached hydrogen (secondary N) is 2. The number of hydrogen-bond acceptors (Lipinski definition) is 2. The zero-order valence-electron chi connectivity index (χ0n) is 13.1. The van der Waals surface area contributed by atoms with Crippen LogP contribution in [0.5, 0.6) is 0 Å². The van der Waals surface area contributed by atoms with Gasteiger partial charge in [-0.3, -0.25) is 9.89 Å². The van der Waals surface area contributed by atoms with E-state index in [1.807, 2.05) is 24.3 Å². The lowest BCUT2D eigenvalue weighted by Gasteiger charge is -2.21. The Hall–Kier alpha value is -1.81. The molecule has 0 saturated heterocycles. The Balaban J connectivity index is 1.74. The number of aromatic nitrogens is 2. The molecule has 122 valence electrons. The van der Waals surface area contributed by atoms with Crippen molar-refractivity contribution in [3.63, 3.8) is 0 Å².